The Hall–Kier alpha value is -2.88. The van der Waals surface area contributed by atoms with Gasteiger partial charge in [0, 0.05) is 11.6 Å². The number of nitrogens with zero attached hydrogens (tertiary/aromatic N) is 1. The molecular weight excluding hydrogens is 312 g/mol. The number of carbonyl (C=O) groups excluding carboxylic acids is 1. The Morgan fingerprint density at radius 2 is 2.00 bits per heavy atom. The molecule has 126 valence electrons. The third-order valence-corrected chi connectivity index (χ3v) is 4.70. The maximum Gasteiger partial charge on any atom is 0.227 e. The summed E-state index contributed by atoms with van der Waals surface area (Å²) in [5, 5.41) is 4.05. The number of hydrogen-bond donors (Lipinski definition) is 1. The van der Waals surface area contributed by atoms with Crippen LogP contribution >= 0.6 is 0 Å². The summed E-state index contributed by atoms with van der Waals surface area (Å²) in [6, 6.07) is 18.0. The highest BCUT2D eigenvalue weighted by Gasteiger charge is 2.27. The molecule has 0 saturated heterocycles. The van der Waals surface area contributed by atoms with E-state index in [1.54, 1.807) is 6.20 Å². The van der Waals surface area contributed by atoms with E-state index in [4.69, 9.17) is 4.74 Å². The molecule has 1 amide bonds. The quantitative estimate of drug-likeness (QED) is 0.728. The number of ether oxygens (including phenoxy) is 1. The molecule has 0 spiro atoms. The summed E-state index contributed by atoms with van der Waals surface area (Å²) in [7, 11) is 0. The van der Waals surface area contributed by atoms with Crippen molar-refractivity contribution in [3.63, 3.8) is 0 Å². The monoisotopic (exact) mass is 332 g/mol. The van der Waals surface area contributed by atoms with Crippen molar-refractivity contribution in [2.75, 3.05) is 13.2 Å². The maximum absolute atomic E-state index is 12.5. The normalized spacial score (nSPS) is 15.8. The molecule has 25 heavy (non-hydrogen) atoms. The first kappa shape index (κ1) is 15.6. The smallest absolute Gasteiger partial charge is 0.227 e. The van der Waals surface area contributed by atoms with Crippen molar-refractivity contribution in [1.82, 2.24) is 10.3 Å². The number of nitrogens with one attached hydrogen (secondary N) is 1. The molecule has 0 radical (unpaired) electrons. The van der Waals surface area contributed by atoms with Crippen LogP contribution in [0, 0.1) is 0 Å². The molecule has 1 N–H and O–H groups in total. The molecule has 4 nitrogen and oxygen atoms in total. The van der Waals surface area contributed by atoms with E-state index in [0.29, 0.717) is 13.2 Å². The van der Waals surface area contributed by atoms with Crippen LogP contribution < -0.4 is 10.1 Å². The Balaban J connectivity index is 1.33. The summed E-state index contributed by atoms with van der Waals surface area (Å²) in [6.07, 6.45) is 3.63. The van der Waals surface area contributed by atoms with Crippen LogP contribution in [0.2, 0.25) is 0 Å². The molecule has 1 heterocycles. The molecule has 0 bridgehead atoms. The van der Waals surface area contributed by atoms with E-state index in [-0.39, 0.29) is 11.8 Å². The van der Waals surface area contributed by atoms with Gasteiger partial charge < -0.3 is 10.1 Å². The number of para-hydroxylation sites is 1. The lowest BCUT2D eigenvalue weighted by Gasteiger charge is -2.13. The SMILES string of the molecule is O=C(NCCOc1cccc2cccnc12)C1CCc2ccccc21. The number of fused-ring (bicyclic) bond motifs is 2. The van der Waals surface area contributed by atoms with Crippen molar-refractivity contribution in [1.29, 1.82) is 0 Å². The van der Waals surface area contributed by atoms with Gasteiger partial charge >= 0.3 is 0 Å². The van der Waals surface area contributed by atoms with Crippen LogP contribution in [-0.4, -0.2) is 24.0 Å². The Morgan fingerprint density at radius 1 is 1.12 bits per heavy atom. The van der Waals surface area contributed by atoms with Crippen LogP contribution in [0.1, 0.15) is 23.5 Å². The van der Waals surface area contributed by atoms with E-state index in [2.05, 4.69) is 22.4 Å². The molecule has 1 aliphatic carbocycles. The minimum Gasteiger partial charge on any atom is -0.489 e. The van der Waals surface area contributed by atoms with Gasteiger partial charge in [-0.3, -0.25) is 9.78 Å². The number of aromatic nitrogens is 1. The lowest BCUT2D eigenvalue weighted by Crippen LogP contribution is -2.31. The molecule has 1 aromatic heterocycles. The highest BCUT2D eigenvalue weighted by molar-refractivity contribution is 5.85. The van der Waals surface area contributed by atoms with Crippen LogP contribution in [0.5, 0.6) is 5.75 Å². The standard InChI is InChI=1S/C21H20N2O2/c24-21(18-11-10-15-5-1-2-8-17(15)18)23-13-14-25-19-9-3-6-16-7-4-12-22-20(16)19/h1-9,12,18H,10-11,13-14H2,(H,23,24). The zero-order valence-electron chi connectivity index (χ0n) is 13.9. The van der Waals surface area contributed by atoms with E-state index >= 15 is 0 Å². The summed E-state index contributed by atoms with van der Waals surface area (Å²) < 4.78 is 5.82. The first-order valence-electron chi connectivity index (χ1n) is 8.65. The van der Waals surface area contributed by atoms with Gasteiger partial charge in [-0.05, 0) is 36.1 Å². The summed E-state index contributed by atoms with van der Waals surface area (Å²) in [5.74, 6) is 0.804. The van der Waals surface area contributed by atoms with E-state index < -0.39 is 0 Å². The Morgan fingerprint density at radius 3 is 2.96 bits per heavy atom. The average molecular weight is 332 g/mol. The van der Waals surface area contributed by atoms with Gasteiger partial charge in [0.2, 0.25) is 5.91 Å². The van der Waals surface area contributed by atoms with Crippen molar-refractivity contribution < 1.29 is 9.53 Å². The number of amides is 1. The maximum atomic E-state index is 12.5. The molecule has 1 atom stereocenters. The Bertz CT molecular complexity index is 902. The lowest BCUT2D eigenvalue weighted by atomic mass is 10.0. The predicted molar refractivity (Wildman–Crippen MR) is 97.8 cm³/mol. The van der Waals surface area contributed by atoms with Crippen molar-refractivity contribution >= 4 is 16.8 Å². The molecule has 3 aromatic rings. The van der Waals surface area contributed by atoms with Gasteiger partial charge in [0.05, 0.1) is 12.5 Å². The van der Waals surface area contributed by atoms with Gasteiger partial charge in [-0.25, -0.2) is 0 Å². The predicted octanol–water partition coefficient (Wildman–Crippen LogP) is 3.46. The first-order chi connectivity index (χ1) is 12.3. The van der Waals surface area contributed by atoms with Crippen LogP contribution in [0.15, 0.2) is 60.8 Å². The highest BCUT2D eigenvalue weighted by Crippen LogP contribution is 2.32. The molecule has 2 aromatic carbocycles. The lowest BCUT2D eigenvalue weighted by molar-refractivity contribution is -0.122. The number of aryl methyl sites for hydroxylation is 1. The van der Waals surface area contributed by atoms with E-state index in [0.717, 1.165) is 29.5 Å². The molecule has 0 saturated carbocycles. The van der Waals surface area contributed by atoms with Crippen LogP contribution in [-0.2, 0) is 11.2 Å². The summed E-state index contributed by atoms with van der Waals surface area (Å²) in [5.41, 5.74) is 3.31. The zero-order valence-corrected chi connectivity index (χ0v) is 13.9. The Labute approximate surface area is 146 Å². The largest absolute Gasteiger partial charge is 0.489 e. The van der Waals surface area contributed by atoms with Gasteiger partial charge in [-0.15, -0.1) is 0 Å². The molecule has 4 heteroatoms. The minimum atomic E-state index is -0.0320. The average Bonchev–Trinajstić information content (AvgIpc) is 3.09. The topological polar surface area (TPSA) is 51.2 Å². The fourth-order valence-corrected chi connectivity index (χ4v) is 3.48. The van der Waals surface area contributed by atoms with Crippen molar-refractivity contribution in [2.24, 2.45) is 0 Å². The number of benzene rings is 2. The fraction of sp³-hybridized carbons (Fsp3) is 0.238. The summed E-state index contributed by atoms with van der Waals surface area (Å²) in [6.45, 7) is 0.913. The van der Waals surface area contributed by atoms with Crippen LogP contribution in [0.4, 0.5) is 0 Å². The van der Waals surface area contributed by atoms with Crippen LogP contribution in [0.3, 0.4) is 0 Å². The number of carbonyl (C=O) groups is 1. The molecule has 4 rings (SSSR count). The van der Waals surface area contributed by atoms with Crippen LogP contribution in [0.25, 0.3) is 10.9 Å². The Kier molecular flexibility index (Phi) is 4.34. The molecule has 1 unspecified atom stereocenters. The van der Waals surface area contributed by atoms with Gasteiger partial charge in [-0.1, -0.05) is 42.5 Å². The van der Waals surface area contributed by atoms with Gasteiger partial charge in [0.25, 0.3) is 0 Å². The zero-order chi connectivity index (χ0) is 17.1. The first-order valence-corrected chi connectivity index (χ1v) is 8.65. The molecule has 1 aliphatic rings. The van der Waals surface area contributed by atoms with Gasteiger partial charge in [0.15, 0.2) is 0 Å². The van der Waals surface area contributed by atoms with E-state index in [9.17, 15) is 4.79 Å². The van der Waals surface area contributed by atoms with Gasteiger partial charge in [0.1, 0.15) is 17.9 Å². The van der Waals surface area contributed by atoms with Crippen molar-refractivity contribution in [3.05, 3.63) is 71.9 Å². The summed E-state index contributed by atoms with van der Waals surface area (Å²) in [4.78, 5) is 16.8. The van der Waals surface area contributed by atoms with E-state index in [1.807, 2.05) is 42.5 Å². The second-order valence-corrected chi connectivity index (χ2v) is 6.26. The summed E-state index contributed by atoms with van der Waals surface area (Å²) >= 11 is 0. The molecular formula is C21H20N2O2. The fourth-order valence-electron chi connectivity index (χ4n) is 3.48. The second-order valence-electron chi connectivity index (χ2n) is 6.26. The van der Waals surface area contributed by atoms with Gasteiger partial charge in [-0.2, -0.15) is 0 Å². The van der Waals surface area contributed by atoms with Crippen molar-refractivity contribution in [2.45, 2.75) is 18.8 Å². The minimum absolute atomic E-state index is 0.0320. The number of rotatable bonds is 5. The highest BCUT2D eigenvalue weighted by atomic mass is 16.5. The number of pyridine rings is 1. The molecule has 0 fully saturated rings. The third-order valence-electron chi connectivity index (χ3n) is 4.70. The second kappa shape index (κ2) is 6.93. The van der Waals surface area contributed by atoms with E-state index in [1.165, 1.54) is 11.1 Å². The third kappa shape index (κ3) is 3.20. The van der Waals surface area contributed by atoms with Crippen molar-refractivity contribution in [3.8, 4) is 5.75 Å². The molecule has 0 aliphatic heterocycles. The number of hydrogen-bond acceptors (Lipinski definition) is 3.